The first-order valence-electron chi connectivity index (χ1n) is 5.86. The van der Waals surface area contributed by atoms with E-state index in [1.807, 2.05) is 0 Å². The van der Waals surface area contributed by atoms with Crippen LogP contribution in [-0.2, 0) is 6.54 Å². The number of imidazole rings is 1. The van der Waals surface area contributed by atoms with Gasteiger partial charge < -0.3 is 9.55 Å². The van der Waals surface area contributed by atoms with E-state index in [-0.39, 0.29) is 11.6 Å². The Labute approximate surface area is 127 Å². The summed E-state index contributed by atoms with van der Waals surface area (Å²) < 4.78 is 29.2. The highest BCUT2D eigenvalue weighted by Crippen LogP contribution is 2.23. The minimum atomic E-state index is -0.348. The number of fused-ring (bicyclic) bond motifs is 1. The summed E-state index contributed by atoms with van der Waals surface area (Å²) in [4.78, 5) is 3.03. The lowest BCUT2D eigenvalue weighted by atomic mass is 10.2. The van der Waals surface area contributed by atoms with Gasteiger partial charge in [-0.1, -0.05) is 12.1 Å². The third-order valence-corrected chi connectivity index (χ3v) is 4.00. The molecule has 0 radical (unpaired) electrons. The van der Waals surface area contributed by atoms with Crippen LogP contribution in [0.5, 0.6) is 0 Å². The van der Waals surface area contributed by atoms with Gasteiger partial charge >= 0.3 is 0 Å². The quantitative estimate of drug-likeness (QED) is 0.656. The molecule has 0 amide bonds. The molecule has 102 valence electrons. The molecule has 1 heterocycles. The molecule has 0 saturated heterocycles. The van der Waals surface area contributed by atoms with E-state index in [1.165, 1.54) is 18.2 Å². The molecular formula is C14H9BrF2N2S. The molecule has 3 aromatic rings. The summed E-state index contributed by atoms with van der Waals surface area (Å²) in [6.07, 6.45) is 0. The molecule has 20 heavy (non-hydrogen) atoms. The van der Waals surface area contributed by atoms with E-state index in [2.05, 4.69) is 20.9 Å². The Bertz CT molecular complexity index is 837. The molecule has 3 rings (SSSR count). The van der Waals surface area contributed by atoms with Crippen LogP contribution in [0.15, 0.2) is 40.9 Å². The predicted octanol–water partition coefficient (Wildman–Crippen LogP) is 4.79. The van der Waals surface area contributed by atoms with Crippen molar-refractivity contribution >= 4 is 39.2 Å². The van der Waals surface area contributed by atoms with Gasteiger partial charge in [-0.3, -0.25) is 0 Å². The van der Waals surface area contributed by atoms with Gasteiger partial charge in [0.2, 0.25) is 0 Å². The molecule has 2 aromatic carbocycles. The van der Waals surface area contributed by atoms with Crippen molar-refractivity contribution in [1.29, 1.82) is 0 Å². The van der Waals surface area contributed by atoms with E-state index in [9.17, 15) is 8.78 Å². The zero-order valence-electron chi connectivity index (χ0n) is 10.2. The van der Waals surface area contributed by atoms with Crippen LogP contribution in [0.4, 0.5) is 8.78 Å². The molecule has 0 bridgehead atoms. The van der Waals surface area contributed by atoms with Gasteiger partial charge in [-0.05, 0) is 51.9 Å². The lowest BCUT2D eigenvalue weighted by Crippen LogP contribution is -2.00. The second kappa shape index (κ2) is 5.10. The molecule has 0 fully saturated rings. The van der Waals surface area contributed by atoms with Crippen molar-refractivity contribution in [3.63, 3.8) is 0 Å². The average Bonchev–Trinajstić information content (AvgIpc) is 2.69. The highest BCUT2D eigenvalue weighted by atomic mass is 79.9. The van der Waals surface area contributed by atoms with E-state index >= 15 is 0 Å². The molecule has 0 aliphatic carbocycles. The van der Waals surface area contributed by atoms with Crippen molar-refractivity contribution in [3.8, 4) is 0 Å². The fraction of sp³-hybridized carbons (Fsp3) is 0.0714. The third kappa shape index (κ3) is 2.41. The normalized spacial score (nSPS) is 11.2. The summed E-state index contributed by atoms with van der Waals surface area (Å²) in [5, 5.41) is 0. The van der Waals surface area contributed by atoms with Crippen molar-refractivity contribution < 1.29 is 8.78 Å². The number of hydrogen-bond acceptors (Lipinski definition) is 1. The summed E-state index contributed by atoms with van der Waals surface area (Å²) >= 11 is 8.40. The standard InChI is InChI=1S/C14H9BrF2N2S/c15-10-5-12-13(6-11(10)17)19(14(20)18-12)7-8-1-3-9(16)4-2-8/h1-6H,7H2,(H,18,20). The molecule has 0 aliphatic rings. The van der Waals surface area contributed by atoms with Crippen LogP contribution in [0.1, 0.15) is 5.56 Å². The summed E-state index contributed by atoms with van der Waals surface area (Å²) in [5.74, 6) is -0.634. The molecule has 6 heteroatoms. The second-order valence-corrected chi connectivity index (χ2v) is 5.67. The number of H-pyrrole nitrogens is 1. The maximum absolute atomic E-state index is 13.7. The number of rotatable bonds is 2. The van der Waals surface area contributed by atoms with Crippen LogP contribution in [0, 0.1) is 16.4 Å². The highest BCUT2D eigenvalue weighted by molar-refractivity contribution is 9.10. The fourth-order valence-electron chi connectivity index (χ4n) is 2.08. The number of benzene rings is 2. The molecule has 0 spiro atoms. The van der Waals surface area contributed by atoms with Gasteiger partial charge in [-0.2, -0.15) is 0 Å². The van der Waals surface area contributed by atoms with Crippen LogP contribution in [0.25, 0.3) is 11.0 Å². The molecule has 0 unspecified atom stereocenters. The van der Waals surface area contributed by atoms with Crippen molar-refractivity contribution in [2.45, 2.75) is 6.54 Å². The number of nitrogens with zero attached hydrogens (tertiary/aromatic N) is 1. The van der Waals surface area contributed by atoms with Crippen LogP contribution in [0.3, 0.4) is 0 Å². The minimum Gasteiger partial charge on any atom is -0.331 e. The lowest BCUT2D eigenvalue weighted by Gasteiger charge is -2.05. The largest absolute Gasteiger partial charge is 0.331 e. The maximum atomic E-state index is 13.7. The van der Waals surface area contributed by atoms with Gasteiger partial charge in [0, 0.05) is 6.07 Å². The van der Waals surface area contributed by atoms with E-state index in [1.54, 1.807) is 22.8 Å². The Morgan fingerprint density at radius 2 is 1.85 bits per heavy atom. The Hall–Kier alpha value is -1.53. The van der Waals surface area contributed by atoms with Crippen molar-refractivity contribution in [2.75, 3.05) is 0 Å². The molecule has 0 saturated carbocycles. The first kappa shape index (κ1) is 13.5. The lowest BCUT2D eigenvalue weighted by molar-refractivity contribution is 0.621. The number of nitrogens with one attached hydrogen (secondary N) is 1. The monoisotopic (exact) mass is 354 g/mol. The second-order valence-electron chi connectivity index (χ2n) is 4.43. The third-order valence-electron chi connectivity index (χ3n) is 3.07. The number of halogens is 3. The van der Waals surface area contributed by atoms with E-state index in [0.717, 1.165) is 11.1 Å². The predicted molar refractivity (Wildman–Crippen MR) is 80.3 cm³/mol. The topological polar surface area (TPSA) is 20.7 Å². The molecule has 0 atom stereocenters. The van der Waals surface area contributed by atoms with Crippen molar-refractivity contribution in [2.24, 2.45) is 0 Å². The van der Waals surface area contributed by atoms with Gasteiger partial charge in [0.1, 0.15) is 11.6 Å². The summed E-state index contributed by atoms with van der Waals surface area (Å²) in [6, 6.07) is 9.24. The summed E-state index contributed by atoms with van der Waals surface area (Å²) in [6.45, 7) is 0.459. The number of hydrogen-bond donors (Lipinski definition) is 1. The minimum absolute atomic E-state index is 0.286. The molecular weight excluding hydrogens is 346 g/mol. The van der Waals surface area contributed by atoms with Crippen LogP contribution < -0.4 is 0 Å². The Balaban J connectivity index is 2.11. The number of aromatic nitrogens is 2. The van der Waals surface area contributed by atoms with Crippen LogP contribution in [0.2, 0.25) is 0 Å². The van der Waals surface area contributed by atoms with Gasteiger partial charge in [0.05, 0.1) is 22.1 Å². The Morgan fingerprint density at radius 1 is 1.15 bits per heavy atom. The molecule has 2 nitrogen and oxygen atoms in total. The summed E-state index contributed by atoms with van der Waals surface area (Å²) in [5.41, 5.74) is 2.33. The average molecular weight is 355 g/mol. The van der Waals surface area contributed by atoms with Gasteiger partial charge in [0.25, 0.3) is 0 Å². The fourth-order valence-corrected chi connectivity index (χ4v) is 2.70. The van der Waals surface area contributed by atoms with E-state index in [0.29, 0.717) is 21.3 Å². The zero-order valence-corrected chi connectivity index (χ0v) is 12.6. The first-order chi connectivity index (χ1) is 9.54. The highest BCUT2D eigenvalue weighted by Gasteiger charge is 2.09. The smallest absolute Gasteiger partial charge is 0.178 e. The summed E-state index contributed by atoms with van der Waals surface area (Å²) in [7, 11) is 0. The van der Waals surface area contributed by atoms with E-state index in [4.69, 9.17) is 12.2 Å². The first-order valence-corrected chi connectivity index (χ1v) is 7.07. The molecule has 1 N–H and O–H groups in total. The number of aromatic amines is 1. The Kier molecular flexibility index (Phi) is 3.43. The Morgan fingerprint density at radius 3 is 2.55 bits per heavy atom. The van der Waals surface area contributed by atoms with Crippen LogP contribution >= 0.6 is 28.1 Å². The molecule has 0 aliphatic heterocycles. The molecule has 1 aromatic heterocycles. The zero-order chi connectivity index (χ0) is 14.3. The van der Waals surface area contributed by atoms with E-state index < -0.39 is 0 Å². The van der Waals surface area contributed by atoms with Crippen molar-refractivity contribution in [3.05, 3.63) is 62.8 Å². The van der Waals surface area contributed by atoms with Gasteiger partial charge in [-0.15, -0.1) is 0 Å². The van der Waals surface area contributed by atoms with Gasteiger partial charge in [-0.25, -0.2) is 8.78 Å². The van der Waals surface area contributed by atoms with Gasteiger partial charge in [0.15, 0.2) is 4.77 Å². The SMILES string of the molecule is Fc1ccc(Cn2c(=S)[nH]c3cc(Br)c(F)cc32)cc1. The van der Waals surface area contributed by atoms with Crippen LogP contribution in [-0.4, -0.2) is 9.55 Å². The maximum Gasteiger partial charge on any atom is 0.178 e. The van der Waals surface area contributed by atoms with Crippen molar-refractivity contribution in [1.82, 2.24) is 9.55 Å².